The van der Waals surface area contributed by atoms with Gasteiger partial charge in [-0.05, 0) is 86.1 Å². The molecule has 10 rings (SSSR count). The third-order valence-electron chi connectivity index (χ3n) is 10.0. The van der Waals surface area contributed by atoms with E-state index < -0.39 is 0 Å². The molecule has 10 aromatic rings. The number of anilines is 3. The molecule has 1 aromatic heterocycles. The summed E-state index contributed by atoms with van der Waals surface area (Å²) in [6.07, 6.45) is 0. The molecule has 0 N–H and O–H groups in total. The summed E-state index contributed by atoms with van der Waals surface area (Å²) in [5.74, 6) is 0. The number of fused-ring (bicyclic) bond motifs is 8. The van der Waals surface area contributed by atoms with E-state index in [4.69, 9.17) is 4.42 Å². The Morgan fingerprint density at radius 2 is 0.960 bits per heavy atom. The van der Waals surface area contributed by atoms with Crippen molar-refractivity contribution in [3.05, 3.63) is 188 Å². The van der Waals surface area contributed by atoms with Crippen LogP contribution >= 0.6 is 0 Å². The second-order valence-corrected chi connectivity index (χ2v) is 12.9. The molecule has 0 spiro atoms. The van der Waals surface area contributed by atoms with Crippen molar-refractivity contribution in [2.45, 2.75) is 0 Å². The van der Waals surface area contributed by atoms with Crippen LogP contribution in [0.1, 0.15) is 0 Å². The lowest BCUT2D eigenvalue weighted by molar-refractivity contribution is 0.673. The summed E-state index contributed by atoms with van der Waals surface area (Å²) in [5.41, 5.74) is 9.84. The lowest BCUT2D eigenvalue weighted by Gasteiger charge is -2.28. The van der Waals surface area contributed by atoms with Crippen LogP contribution in [0, 0.1) is 0 Å². The molecule has 0 amide bonds. The number of hydrogen-bond donors (Lipinski definition) is 0. The molecule has 0 aliphatic rings. The van der Waals surface area contributed by atoms with Gasteiger partial charge in [0.25, 0.3) is 0 Å². The molecule has 50 heavy (non-hydrogen) atoms. The lowest BCUT2D eigenvalue weighted by Crippen LogP contribution is -2.11. The minimum Gasteiger partial charge on any atom is -0.455 e. The van der Waals surface area contributed by atoms with Gasteiger partial charge in [0.2, 0.25) is 0 Å². The highest BCUT2D eigenvalue weighted by Crippen LogP contribution is 2.44. The maximum atomic E-state index is 6.51. The number of benzene rings is 9. The first-order chi connectivity index (χ1) is 24.8. The first-order valence-electron chi connectivity index (χ1n) is 17.1. The SMILES string of the molecule is c1ccc(-c2ccccc2N(c2ccc(-c3cccc4oc5c6ccccc6ccc5c34)cc2)c2ccc3c(ccc4ccccc43)c2)cc1. The predicted octanol–water partition coefficient (Wildman–Crippen LogP) is 13.8. The molecule has 0 aliphatic heterocycles. The van der Waals surface area contributed by atoms with E-state index >= 15 is 0 Å². The fourth-order valence-electron chi connectivity index (χ4n) is 7.68. The van der Waals surface area contributed by atoms with E-state index in [1.54, 1.807) is 0 Å². The van der Waals surface area contributed by atoms with Crippen LogP contribution in [0.2, 0.25) is 0 Å². The van der Waals surface area contributed by atoms with Crippen molar-refractivity contribution in [1.82, 2.24) is 0 Å². The van der Waals surface area contributed by atoms with Crippen molar-refractivity contribution in [3.63, 3.8) is 0 Å². The summed E-state index contributed by atoms with van der Waals surface area (Å²) in [5, 5.41) is 9.60. The average molecular weight is 638 g/mol. The summed E-state index contributed by atoms with van der Waals surface area (Å²) in [6.45, 7) is 0. The highest BCUT2D eigenvalue weighted by atomic mass is 16.3. The van der Waals surface area contributed by atoms with E-state index in [1.165, 1.54) is 38.1 Å². The van der Waals surface area contributed by atoms with Crippen molar-refractivity contribution in [2.75, 3.05) is 4.90 Å². The molecule has 2 heteroatoms. The summed E-state index contributed by atoms with van der Waals surface area (Å²) >= 11 is 0. The van der Waals surface area contributed by atoms with Gasteiger partial charge in [0.1, 0.15) is 11.2 Å². The van der Waals surface area contributed by atoms with E-state index in [1.807, 2.05) is 0 Å². The number of hydrogen-bond acceptors (Lipinski definition) is 2. The Morgan fingerprint density at radius 1 is 0.360 bits per heavy atom. The molecule has 0 aliphatic carbocycles. The molecular formula is C48H31NO. The number of para-hydroxylation sites is 1. The van der Waals surface area contributed by atoms with Crippen molar-refractivity contribution in [3.8, 4) is 22.3 Å². The molecule has 1 heterocycles. The van der Waals surface area contributed by atoms with E-state index in [9.17, 15) is 0 Å². The van der Waals surface area contributed by atoms with Gasteiger partial charge in [-0.1, -0.05) is 146 Å². The topological polar surface area (TPSA) is 16.4 Å². The Morgan fingerprint density at radius 3 is 1.82 bits per heavy atom. The van der Waals surface area contributed by atoms with Crippen molar-refractivity contribution in [1.29, 1.82) is 0 Å². The molecule has 0 saturated carbocycles. The third-order valence-corrected chi connectivity index (χ3v) is 10.0. The van der Waals surface area contributed by atoms with Gasteiger partial charge in [-0.2, -0.15) is 0 Å². The maximum absolute atomic E-state index is 6.51. The Kier molecular flexibility index (Phi) is 6.53. The van der Waals surface area contributed by atoms with Crippen molar-refractivity contribution >= 4 is 71.3 Å². The molecule has 0 saturated heterocycles. The van der Waals surface area contributed by atoms with Gasteiger partial charge in [-0.15, -0.1) is 0 Å². The summed E-state index contributed by atoms with van der Waals surface area (Å²) in [6, 6.07) is 67.5. The largest absolute Gasteiger partial charge is 0.455 e. The van der Waals surface area contributed by atoms with Gasteiger partial charge in [0.05, 0.1) is 5.69 Å². The van der Waals surface area contributed by atoms with Gasteiger partial charge in [0, 0.05) is 33.1 Å². The van der Waals surface area contributed by atoms with Crippen LogP contribution in [0.25, 0.3) is 76.5 Å². The second-order valence-electron chi connectivity index (χ2n) is 12.9. The van der Waals surface area contributed by atoms with Crippen LogP contribution in [0.5, 0.6) is 0 Å². The zero-order chi connectivity index (χ0) is 33.0. The van der Waals surface area contributed by atoms with Crippen LogP contribution in [-0.4, -0.2) is 0 Å². The molecule has 0 atom stereocenters. The fraction of sp³-hybridized carbons (Fsp3) is 0. The van der Waals surface area contributed by atoms with Crippen LogP contribution in [0.15, 0.2) is 192 Å². The van der Waals surface area contributed by atoms with Gasteiger partial charge >= 0.3 is 0 Å². The normalized spacial score (nSPS) is 11.6. The number of rotatable bonds is 5. The van der Waals surface area contributed by atoms with Gasteiger partial charge in [-0.3, -0.25) is 0 Å². The standard InChI is InChI=1S/C48H31NO/c1-2-11-32(12-3-1)41-16-8-9-19-45(41)49(38-28-30-40-36(31-38)22-21-33-13-4-6-15-39(33)40)37-26-23-35(24-27-37)42-18-10-20-46-47(42)44-29-25-34-14-5-7-17-43(34)48(44)50-46/h1-31H. The van der Waals surface area contributed by atoms with Crippen LogP contribution in [-0.2, 0) is 0 Å². The smallest absolute Gasteiger partial charge is 0.143 e. The Hall–Kier alpha value is -6.64. The lowest BCUT2D eigenvalue weighted by atomic mass is 9.97. The minimum absolute atomic E-state index is 0.903. The van der Waals surface area contributed by atoms with E-state index in [0.717, 1.165) is 55.5 Å². The molecule has 2 nitrogen and oxygen atoms in total. The van der Waals surface area contributed by atoms with E-state index in [-0.39, 0.29) is 0 Å². The average Bonchev–Trinajstić information content (AvgIpc) is 3.58. The quantitative estimate of drug-likeness (QED) is 0.175. The Bertz CT molecular complexity index is 2870. The Balaban J connectivity index is 1.14. The molecule has 234 valence electrons. The van der Waals surface area contributed by atoms with Crippen LogP contribution in [0.4, 0.5) is 17.1 Å². The predicted molar refractivity (Wildman–Crippen MR) is 212 cm³/mol. The molecule has 0 fully saturated rings. The zero-order valence-electron chi connectivity index (χ0n) is 27.3. The molecule has 9 aromatic carbocycles. The maximum Gasteiger partial charge on any atom is 0.143 e. The zero-order valence-corrected chi connectivity index (χ0v) is 27.3. The second kappa shape index (κ2) is 11.5. The highest BCUT2D eigenvalue weighted by Gasteiger charge is 2.19. The van der Waals surface area contributed by atoms with E-state index in [0.29, 0.717) is 0 Å². The molecule has 0 bridgehead atoms. The Labute approximate surface area is 290 Å². The summed E-state index contributed by atoms with van der Waals surface area (Å²) in [7, 11) is 0. The molecule has 0 unspecified atom stereocenters. The number of nitrogens with zero attached hydrogens (tertiary/aromatic N) is 1. The number of furan rings is 1. The van der Waals surface area contributed by atoms with Gasteiger partial charge < -0.3 is 9.32 Å². The van der Waals surface area contributed by atoms with Crippen molar-refractivity contribution < 1.29 is 4.42 Å². The molecular weight excluding hydrogens is 607 g/mol. The highest BCUT2D eigenvalue weighted by molar-refractivity contribution is 6.19. The summed E-state index contributed by atoms with van der Waals surface area (Å²) < 4.78 is 6.51. The first kappa shape index (κ1) is 28.4. The van der Waals surface area contributed by atoms with Crippen molar-refractivity contribution in [2.24, 2.45) is 0 Å². The van der Waals surface area contributed by atoms with E-state index in [2.05, 4.69) is 193 Å². The van der Waals surface area contributed by atoms with Gasteiger partial charge in [-0.25, -0.2) is 0 Å². The third kappa shape index (κ3) is 4.57. The first-order valence-corrected chi connectivity index (χ1v) is 17.1. The van der Waals surface area contributed by atoms with Crippen LogP contribution < -0.4 is 4.90 Å². The monoisotopic (exact) mass is 637 g/mol. The summed E-state index contributed by atoms with van der Waals surface area (Å²) in [4.78, 5) is 2.39. The van der Waals surface area contributed by atoms with Crippen LogP contribution in [0.3, 0.4) is 0 Å². The minimum atomic E-state index is 0.903. The fourth-order valence-corrected chi connectivity index (χ4v) is 7.68. The van der Waals surface area contributed by atoms with Gasteiger partial charge in [0.15, 0.2) is 0 Å². The molecule has 0 radical (unpaired) electrons.